The van der Waals surface area contributed by atoms with Gasteiger partial charge in [0, 0.05) is 50.3 Å². The van der Waals surface area contributed by atoms with E-state index in [4.69, 9.17) is 0 Å². The molecule has 4 rings (SSSR count). The van der Waals surface area contributed by atoms with Crippen LogP contribution in [0.3, 0.4) is 0 Å². The SMILES string of the molecule is Cc1ccc(CNC(=O)C2=CN(CCCCn3cc(NC(=O)Cc4cc(OC(F)(F)F)ccc4F)nn3)NN2C)cn1. The molecule has 1 aromatic carbocycles. The molecule has 1 aliphatic rings. The Morgan fingerprint density at radius 3 is 2.64 bits per heavy atom. The number of likely N-dealkylation sites (N-methyl/N-ethyl adjacent to an activating group) is 1. The summed E-state index contributed by atoms with van der Waals surface area (Å²) in [6.07, 6.45) is 0.907. The van der Waals surface area contributed by atoms with E-state index in [0.717, 1.165) is 35.9 Å². The van der Waals surface area contributed by atoms with E-state index >= 15 is 0 Å². The molecule has 0 radical (unpaired) electrons. The third-order valence-corrected chi connectivity index (χ3v) is 6.02. The van der Waals surface area contributed by atoms with Crippen LogP contribution >= 0.6 is 0 Å². The molecule has 0 fully saturated rings. The van der Waals surface area contributed by atoms with Crippen molar-refractivity contribution in [2.75, 3.05) is 18.9 Å². The molecule has 16 heteroatoms. The van der Waals surface area contributed by atoms with Gasteiger partial charge in [-0.25, -0.2) is 4.39 Å². The number of nitrogens with one attached hydrogen (secondary N) is 3. The molecule has 0 spiro atoms. The first-order chi connectivity index (χ1) is 19.9. The second-order valence-corrected chi connectivity index (χ2v) is 9.46. The van der Waals surface area contributed by atoms with Crippen molar-refractivity contribution in [2.45, 2.75) is 45.6 Å². The molecule has 2 aromatic heterocycles. The first-order valence-electron chi connectivity index (χ1n) is 12.9. The lowest BCUT2D eigenvalue weighted by Crippen LogP contribution is -2.40. The average molecular weight is 592 g/mol. The Balaban J connectivity index is 1.18. The fourth-order valence-corrected chi connectivity index (χ4v) is 3.98. The average Bonchev–Trinajstić information content (AvgIpc) is 3.52. The Morgan fingerprint density at radius 2 is 1.90 bits per heavy atom. The number of carbonyl (C=O) groups excluding carboxylic acids is 2. The van der Waals surface area contributed by atoms with Crippen molar-refractivity contribution in [1.29, 1.82) is 0 Å². The van der Waals surface area contributed by atoms with E-state index in [1.165, 1.54) is 10.9 Å². The van der Waals surface area contributed by atoms with Gasteiger partial charge in [0.05, 0.1) is 12.6 Å². The fraction of sp³-hybridized carbons (Fsp3) is 0.346. The minimum Gasteiger partial charge on any atom is -0.406 e. The molecular weight excluding hydrogens is 562 g/mol. The third kappa shape index (κ3) is 8.89. The highest BCUT2D eigenvalue weighted by Gasteiger charge is 2.31. The van der Waals surface area contributed by atoms with Crippen molar-refractivity contribution in [3.63, 3.8) is 0 Å². The summed E-state index contributed by atoms with van der Waals surface area (Å²) in [5, 5.41) is 16.5. The number of alkyl halides is 3. The lowest BCUT2D eigenvalue weighted by Gasteiger charge is -2.20. The molecule has 1 aliphatic heterocycles. The first kappa shape index (κ1) is 30.2. The first-order valence-corrected chi connectivity index (χ1v) is 12.9. The van der Waals surface area contributed by atoms with Crippen LogP contribution in [0.25, 0.3) is 0 Å². The zero-order valence-electron chi connectivity index (χ0n) is 22.8. The summed E-state index contributed by atoms with van der Waals surface area (Å²) in [4.78, 5) is 29.1. The van der Waals surface area contributed by atoms with Gasteiger partial charge in [-0.1, -0.05) is 11.3 Å². The lowest BCUT2D eigenvalue weighted by molar-refractivity contribution is -0.274. The molecule has 2 amide bonds. The summed E-state index contributed by atoms with van der Waals surface area (Å²) < 4.78 is 56.6. The number of hydrazine groups is 2. The molecular formula is C26H29F4N9O3. The highest BCUT2D eigenvalue weighted by molar-refractivity contribution is 5.92. The van der Waals surface area contributed by atoms with E-state index in [9.17, 15) is 27.2 Å². The predicted molar refractivity (Wildman–Crippen MR) is 141 cm³/mol. The van der Waals surface area contributed by atoms with Gasteiger partial charge in [-0.2, -0.15) is 0 Å². The zero-order valence-corrected chi connectivity index (χ0v) is 22.8. The molecule has 3 heterocycles. The molecule has 0 atom stereocenters. The molecule has 0 unspecified atom stereocenters. The lowest BCUT2D eigenvalue weighted by atomic mass is 10.1. The third-order valence-electron chi connectivity index (χ3n) is 6.02. The maximum atomic E-state index is 14.0. The maximum absolute atomic E-state index is 14.0. The number of hydrogen-bond donors (Lipinski definition) is 3. The number of unbranched alkanes of at least 4 members (excludes halogenated alkanes) is 1. The largest absolute Gasteiger partial charge is 0.573 e. The van der Waals surface area contributed by atoms with Gasteiger partial charge in [-0.15, -0.1) is 23.8 Å². The Bertz CT molecular complexity index is 1430. The summed E-state index contributed by atoms with van der Waals surface area (Å²) in [7, 11) is 1.74. The smallest absolute Gasteiger partial charge is 0.406 e. The van der Waals surface area contributed by atoms with E-state index in [0.29, 0.717) is 31.8 Å². The Morgan fingerprint density at radius 1 is 1.12 bits per heavy atom. The van der Waals surface area contributed by atoms with Crippen molar-refractivity contribution in [2.24, 2.45) is 0 Å². The van der Waals surface area contributed by atoms with Crippen molar-refractivity contribution in [1.82, 2.24) is 40.8 Å². The van der Waals surface area contributed by atoms with Gasteiger partial charge in [0.1, 0.15) is 17.3 Å². The molecule has 3 N–H and O–H groups in total. The summed E-state index contributed by atoms with van der Waals surface area (Å²) in [5.74, 6) is -2.26. The van der Waals surface area contributed by atoms with Crippen LogP contribution in [0.4, 0.5) is 23.4 Å². The minimum atomic E-state index is -4.94. The van der Waals surface area contributed by atoms with Gasteiger partial charge in [0.15, 0.2) is 5.82 Å². The second kappa shape index (κ2) is 13.3. The quantitative estimate of drug-likeness (QED) is 0.215. The second-order valence-electron chi connectivity index (χ2n) is 9.46. The van der Waals surface area contributed by atoms with E-state index < -0.39 is 30.3 Å². The number of benzene rings is 1. The maximum Gasteiger partial charge on any atom is 0.573 e. The molecule has 0 saturated heterocycles. The van der Waals surface area contributed by atoms with Gasteiger partial charge < -0.3 is 15.4 Å². The number of ether oxygens (including phenoxy) is 1. The van der Waals surface area contributed by atoms with Crippen molar-refractivity contribution in [3.05, 3.63) is 77.3 Å². The van der Waals surface area contributed by atoms with Gasteiger partial charge in [0.2, 0.25) is 5.91 Å². The fourth-order valence-electron chi connectivity index (χ4n) is 3.98. The number of aromatic nitrogens is 4. The van der Waals surface area contributed by atoms with Gasteiger partial charge in [-0.3, -0.25) is 29.3 Å². The van der Waals surface area contributed by atoms with E-state index in [1.54, 1.807) is 29.5 Å². The summed E-state index contributed by atoms with van der Waals surface area (Å²) >= 11 is 0. The van der Waals surface area contributed by atoms with Crippen molar-refractivity contribution < 1.29 is 31.9 Å². The van der Waals surface area contributed by atoms with Gasteiger partial charge in [0.25, 0.3) is 5.91 Å². The van der Waals surface area contributed by atoms with E-state index in [1.807, 2.05) is 19.1 Å². The predicted octanol–water partition coefficient (Wildman–Crippen LogP) is 2.81. The van der Waals surface area contributed by atoms with Crippen LogP contribution < -0.4 is 20.9 Å². The minimum absolute atomic E-state index is 0.117. The molecule has 42 heavy (non-hydrogen) atoms. The van der Waals surface area contributed by atoms with Crippen molar-refractivity contribution >= 4 is 17.6 Å². The van der Waals surface area contributed by atoms with Gasteiger partial charge >= 0.3 is 6.36 Å². The molecule has 224 valence electrons. The number of rotatable bonds is 12. The number of hydrogen-bond acceptors (Lipinski definition) is 9. The Kier molecular flexibility index (Phi) is 9.57. The number of carbonyl (C=O) groups is 2. The van der Waals surface area contributed by atoms with Gasteiger partial charge in [-0.05, 0) is 49.6 Å². The molecule has 3 aromatic rings. The van der Waals surface area contributed by atoms with E-state index in [-0.39, 0.29) is 17.3 Å². The monoisotopic (exact) mass is 591 g/mol. The number of nitrogens with zero attached hydrogens (tertiary/aromatic N) is 6. The van der Waals surface area contributed by atoms with E-state index in [2.05, 4.69) is 36.2 Å². The molecule has 0 saturated carbocycles. The summed E-state index contributed by atoms with van der Waals surface area (Å²) in [6.45, 7) is 3.34. The number of anilines is 1. The number of halogens is 4. The van der Waals surface area contributed by atoms with Crippen LogP contribution in [0.15, 0.2) is 54.6 Å². The number of amides is 2. The van der Waals surface area contributed by atoms with Crippen LogP contribution in [0.2, 0.25) is 0 Å². The zero-order chi connectivity index (χ0) is 30.3. The highest BCUT2D eigenvalue weighted by Crippen LogP contribution is 2.25. The molecule has 0 bridgehead atoms. The Labute approximate surface area is 238 Å². The van der Waals surface area contributed by atoms with Crippen molar-refractivity contribution in [3.8, 4) is 5.75 Å². The molecule has 0 aliphatic carbocycles. The van der Waals surface area contributed by atoms with Crippen LogP contribution in [-0.2, 0) is 29.1 Å². The number of pyridine rings is 1. The standard InChI is InChI=1S/C26H29F4N9O3/c1-17-5-6-18(13-31-17)14-32-25(41)22-15-39(36-37(22)2)10-4-3-9-38-16-23(34-35-38)33-24(40)12-19-11-20(7-8-21(19)27)42-26(28,29)30/h5-8,11,13,15-16,36H,3-4,9-10,12,14H2,1-2H3,(H,32,41)(H,33,40). The highest BCUT2D eigenvalue weighted by atomic mass is 19.4. The van der Waals surface area contributed by atoms with Crippen LogP contribution in [0.1, 0.15) is 29.7 Å². The summed E-state index contributed by atoms with van der Waals surface area (Å²) in [5.41, 5.74) is 5.08. The molecule has 12 nitrogen and oxygen atoms in total. The van der Waals surface area contributed by atoms with Crippen LogP contribution in [-0.4, -0.2) is 61.8 Å². The van der Waals surface area contributed by atoms with Crippen LogP contribution in [0.5, 0.6) is 5.75 Å². The topological polar surface area (TPSA) is 130 Å². The van der Waals surface area contributed by atoms with Crippen LogP contribution in [0, 0.1) is 12.7 Å². The summed E-state index contributed by atoms with van der Waals surface area (Å²) in [6, 6.07) is 6.24. The Hall–Kier alpha value is -4.73. The normalized spacial score (nSPS) is 13.2. The number of aryl methyl sites for hydroxylation is 2.